The maximum Gasteiger partial charge on any atom is 0.255 e. The monoisotopic (exact) mass is 495 g/mol. The molecule has 9 heteroatoms. The Morgan fingerprint density at radius 3 is 2.81 bits per heavy atom. The first-order valence-corrected chi connectivity index (χ1v) is 10.9. The van der Waals surface area contributed by atoms with Crippen LogP contribution in [-0.2, 0) is 20.9 Å². The average Bonchev–Trinajstić information content (AvgIpc) is 3.09. The second-order valence-electron chi connectivity index (χ2n) is 7.87. The van der Waals surface area contributed by atoms with Gasteiger partial charge in [0.2, 0.25) is 11.8 Å². The minimum absolute atomic E-state index is 0.155. The molecule has 2 N–H and O–H groups in total. The molecule has 0 radical (unpaired) electrons. The predicted octanol–water partition coefficient (Wildman–Crippen LogP) is 2.62. The van der Waals surface area contributed by atoms with Gasteiger partial charge in [-0.1, -0.05) is 22.0 Å². The number of carbonyl (C=O) groups excluding carboxylic acids is 4. The first-order chi connectivity index (χ1) is 15.4. The third kappa shape index (κ3) is 3.69. The molecule has 162 valence electrons. The summed E-state index contributed by atoms with van der Waals surface area (Å²) in [5.74, 6) is -0.604. The molecule has 0 bridgehead atoms. The lowest BCUT2D eigenvalue weighted by Crippen LogP contribution is -2.52. The van der Waals surface area contributed by atoms with Crippen molar-refractivity contribution in [2.45, 2.75) is 25.4 Å². The lowest BCUT2D eigenvalue weighted by molar-refractivity contribution is -0.136. The molecule has 0 spiro atoms. The molecular weight excluding hydrogens is 478 g/mol. The molecule has 1 saturated heterocycles. The normalized spacial score (nSPS) is 19.5. The number of imide groups is 1. The Labute approximate surface area is 191 Å². The van der Waals surface area contributed by atoms with Crippen molar-refractivity contribution in [3.05, 3.63) is 63.1 Å². The van der Waals surface area contributed by atoms with E-state index in [2.05, 4.69) is 26.6 Å². The lowest BCUT2D eigenvalue weighted by atomic mass is 10.0. The fourth-order valence-electron chi connectivity index (χ4n) is 4.13. The summed E-state index contributed by atoms with van der Waals surface area (Å²) in [4.78, 5) is 50.6. The summed E-state index contributed by atoms with van der Waals surface area (Å²) in [5, 5.41) is 5.15. The van der Waals surface area contributed by atoms with Crippen LogP contribution in [0.4, 0.5) is 5.69 Å². The Hall–Kier alpha value is -3.46. The molecule has 1 fully saturated rings. The van der Waals surface area contributed by atoms with Crippen molar-refractivity contribution in [3.63, 3.8) is 0 Å². The number of hydrogen-bond donors (Lipinski definition) is 2. The van der Waals surface area contributed by atoms with E-state index in [4.69, 9.17) is 4.74 Å². The smallest absolute Gasteiger partial charge is 0.255 e. The van der Waals surface area contributed by atoms with Gasteiger partial charge in [0.15, 0.2) is 0 Å². The van der Waals surface area contributed by atoms with Crippen molar-refractivity contribution in [2.24, 2.45) is 0 Å². The van der Waals surface area contributed by atoms with Crippen molar-refractivity contribution in [1.29, 1.82) is 0 Å². The number of ether oxygens (including phenoxy) is 1. The maximum atomic E-state index is 12.8. The highest BCUT2D eigenvalue weighted by Crippen LogP contribution is 2.31. The van der Waals surface area contributed by atoms with Gasteiger partial charge in [-0.15, -0.1) is 0 Å². The number of nitrogens with zero attached hydrogens (tertiary/aromatic N) is 1. The van der Waals surface area contributed by atoms with Gasteiger partial charge >= 0.3 is 0 Å². The molecule has 1 atom stereocenters. The van der Waals surface area contributed by atoms with Crippen molar-refractivity contribution in [3.8, 4) is 5.75 Å². The molecule has 3 aliphatic rings. The highest BCUT2D eigenvalue weighted by molar-refractivity contribution is 9.10. The Kier molecular flexibility index (Phi) is 5.05. The molecule has 3 aliphatic heterocycles. The lowest BCUT2D eigenvalue weighted by Gasteiger charge is -2.29. The molecule has 4 amide bonds. The molecule has 2 aromatic carbocycles. The fraction of sp³-hybridized carbons (Fsp3) is 0.217. The molecule has 8 nitrogen and oxygen atoms in total. The number of anilines is 1. The number of benzene rings is 2. The molecule has 0 aromatic heterocycles. The van der Waals surface area contributed by atoms with E-state index in [9.17, 15) is 19.2 Å². The Morgan fingerprint density at radius 1 is 1.16 bits per heavy atom. The number of carbonyl (C=O) groups is 4. The number of piperidine rings is 1. The summed E-state index contributed by atoms with van der Waals surface area (Å²) in [7, 11) is 0. The van der Waals surface area contributed by atoms with Crippen molar-refractivity contribution in [1.82, 2.24) is 10.2 Å². The molecule has 0 saturated carbocycles. The van der Waals surface area contributed by atoms with Gasteiger partial charge in [-0.2, -0.15) is 0 Å². The third-order valence-corrected chi connectivity index (χ3v) is 6.25. The van der Waals surface area contributed by atoms with Gasteiger partial charge in [0.05, 0.1) is 5.57 Å². The number of hydrogen-bond acceptors (Lipinski definition) is 5. The van der Waals surface area contributed by atoms with Crippen LogP contribution in [0.3, 0.4) is 0 Å². The summed E-state index contributed by atoms with van der Waals surface area (Å²) in [6.07, 6.45) is 2.30. The number of halogens is 1. The van der Waals surface area contributed by atoms with Gasteiger partial charge < -0.3 is 15.0 Å². The Bertz CT molecular complexity index is 1220. The first kappa shape index (κ1) is 20.4. The van der Waals surface area contributed by atoms with E-state index in [1.165, 1.54) is 4.90 Å². The van der Waals surface area contributed by atoms with Crippen LogP contribution in [0.5, 0.6) is 5.75 Å². The molecule has 0 aliphatic carbocycles. The molecule has 5 rings (SSSR count). The van der Waals surface area contributed by atoms with Crippen molar-refractivity contribution < 1.29 is 23.9 Å². The first-order valence-electron chi connectivity index (χ1n) is 10.1. The van der Waals surface area contributed by atoms with E-state index in [0.29, 0.717) is 29.0 Å². The molecular formula is C23H18BrN3O5. The molecule has 3 heterocycles. The minimum atomic E-state index is -0.671. The van der Waals surface area contributed by atoms with E-state index in [-0.39, 0.29) is 37.3 Å². The Morgan fingerprint density at radius 2 is 2.00 bits per heavy atom. The van der Waals surface area contributed by atoms with Crippen LogP contribution in [0.2, 0.25) is 0 Å². The zero-order valence-corrected chi connectivity index (χ0v) is 18.4. The summed E-state index contributed by atoms with van der Waals surface area (Å²) in [6, 6.07) is 9.99. The van der Waals surface area contributed by atoms with Crippen LogP contribution < -0.4 is 15.4 Å². The largest absolute Gasteiger partial charge is 0.488 e. The van der Waals surface area contributed by atoms with Crippen LogP contribution in [0.25, 0.3) is 6.08 Å². The van der Waals surface area contributed by atoms with Crippen molar-refractivity contribution >= 4 is 51.3 Å². The molecule has 2 aromatic rings. The van der Waals surface area contributed by atoms with E-state index in [1.54, 1.807) is 24.3 Å². The molecule has 32 heavy (non-hydrogen) atoms. The minimum Gasteiger partial charge on any atom is -0.488 e. The summed E-state index contributed by atoms with van der Waals surface area (Å²) < 4.78 is 6.59. The summed E-state index contributed by atoms with van der Waals surface area (Å²) in [5.41, 5.74) is 3.08. The average molecular weight is 496 g/mol. The highest BCUT2D eigenvalue weighted by Gasteiger charge is 2.39. The van der Waals surface area contributed by atoms with Gasteiger partial charge in [0.1, 0.15) is 18.4 Å². The predicted molar refractivity (Wildman–Crippen MR) is 119 cm³/mol. The standard InChI is InChI=1S/C23H18BrN3O5/c24-15-2-1-12-7-14(11-32-19(12)9-15)21(29)25-16-3-4-17-13(8-16)10-27(23(17)31)18-5-6-20(28)26-22(18)30/h1-4,7-9,18H,5-6,10-11H2,(H,25,29)(H,26,28,30). The zero-order chi connectivity index (χ0) is 22.4. The van der Waals surface area contributed by atoms with E-state index >= 15 is 0 Å². The summed E-state index contributed by atoms with van der Waals surface area (Å²) >= 11 is 3.40. The van der Waals surface area contributed by atoms with E-state index < -0.39 is 11.9 Å². The van der Waals surface area contributed by atoms with E-state index in [1.807, 2.05) is 18.2 Å². The van der Waals surface area contributed by atoms with Crippen molar-refractivity contribution in [2.75, 3.05) is 11.9 Å². The number of fused-ring (bicyclic) bond motifs is 2. The fourth-order valence-corrected chi connectivity index (χ4v) is 4.47. The van der Waals surface area contributed by atoms with Crippen LogP contribution in [0, 0.1) is 0 Å². The second-order valence-corrected chi connectivity index (χ2v) is 8.78. The number of amides is 4. The Balaban J connectivity index is 1.31. The number of rotatable bonds is 3. The van der Waals surface area contributed by atoms with Crippen LogP contribution in [-0.4, -0.2) is 41.2 Å². The zero-order valence-electron chi connectivity index (χ0n) is 16.8. The molecule has 1 unspecified atom stereocenters. The van der Waals surface area contributed by atoms with Gasteiger partial charge in [0, 0.05) is 34.3 Å². The van der Waals surface area contributed by atoms with Gasteiger partial charge in [-0.25, -0.2) is 0 Å². The van der Waals surface area contributed by atoms with Gasteiger partial charge in [0.25, 0.3) is 11.8 Å². The van der Waals surface area contributed by atoms with Crippen LogP contribution >= 0.6 is 15.9 Å². The SMILES string of the molecule is O=C1CCC(N2Cc3cc(NC(=O)C4=Cc5ccc(Br)cc5OC4)ccc3C2=O)C(=O)N1. The van der Waals surface area contributed by atoms with E-state index in [0.717, 1.165) is 15.6 Å². The highest BCUT2D eigenvalue weighted by atomic mass is 79.9. The van der Waals surface area contributed by atoms with Crippen LogP contribution in [0.15, 0.2) is 46.4 Å². The second kappa shape index (κ2) is 7.90. The quantitative estimate of drug-likeness (QED) is 0.636. The number of nitrogens with one attached hydrogen (secondary N) is 2. The summed E-state index contributed by atoms with van der Waals surface area (Å²) in [6.45, 7) is 0.403. The van der Waals surface area contributed by atoms with Crippen LogP contribution in [0.1, 0.15) is 34.3 Å². The van der Waals surface area contributed by atoms with Gasteiger partial charge in [-0.3, -0.25) is 24.5 Å². The maximum absolute atomic E-state index is 12.8. The topological polar surface area (TPSA) is 105 Å². The third-order valence-electron chi connectivity index (χ3n) is 5.76. The van der Waals surface area contributed by atoms with Gasteiger partial charge in [-0.05, 0) is 48.4 Å².